The van der Waals surface area contributed by atoms with Crippen molar-refractivity contribution in [3.8, 4) is 0 Å². The quantitative estimate of drug-likeness (QED) is 0.693. The second-order valence-electron chi connectivity index (χ2n) is 5.26. The lowest BCUT2D eigenvalue weighted by Crippen LogP contribution is -2.44. The van der Waals surface area contributed by atoms with E-state index in [4.69, 9.17) is 4.74 Å². The minimum absolute atomic E-state index is 0.0360. The highest BCUT2D eigenvalue weighted by atomic mass is 16.5. The first-order valence-corrected chi connectivity index (χ1v) is 5.73. The maximum atomic E-state index is 6.27. The number of ether oxygens (including phenoxy) is 1. The third kappa shape index (κ3) is 1.96. The van der Waals surface area contributed by atoms with Crippen LogP contribution in [0.1, 0.15) is 47.0 Å². The van der Waals surface area contributed by atoms with Crippen molar-refractivity contribution in [2.45, 2.75) is 64.2 Å². The van der Waals surface area contributed by atoms with E-state index in [1.807, 2.05) is 0 Å². The lowest BCUT2D eigenvalue weighted by Gasteiger charge is -2.34. The topological polar surface area (TPSA) is 12.5 Å². The van der Waals surface area contributed by atoms with Gasteiger partial charge in [-0.1, -0.05) is 13.8 Å². The van der Waals surface area contributed by atoms with E-state index in [0.29, 0.717) is 6.04 Å². The van der Waals surface area contributed by atoms with Gasteiger partial charge in [-0.2, -0.15) is 0 Å². The Morgan fingerprint density at radius 3 is 2.07 bits per heavy atom. The van der Waals surface area contributed by atoms with Crippen LogP contribution in [0.3, 0.4) is 0 Å². The molecule has 3 atom stereocenters. The second-order valence-corrected chi connectivity index (χ2v) is 5.26. The van der Waals surface area contributed by atoms with Gasteiger partial charge in [0, 0.05) is 6.04 Å². The molecule has 1 saturated heterocycles. The van der Waals surface area contributed by atoms with Crippen molar-refractivity contribution in [1.82, 2.24) is 4.90 Å². The minimum atomic E-state index is 0.0360. The Balaban J connectivity index is 2.86. The van der Waals surface area contributed by atoms with Crippen molar-refractivity contribution in [1.29, 1.82) is 0 Å². The van der Waals surface area contributed by atoms with Crippen LogP contribution in [0.2, 0.25) is 0 Å². The summed E-state index contributed by atoms with van der Waals surface area (Å²) in [6.07, 6.45) is 3.35. The summed E-state index contributed by atoms with van der Waals surface area (Å²) in [5.74, 6) is 0. The molecular weight excluding hydrogens is 174 g/mol. The molecule has 84 valence electrons. The molecule has 0 aromatic heterocycles. The molecule has 0 saturated carbocycles. The zero-order valence-corrected chi connectivity index (χ0v) is 10.6. The predicted octanol–water partition coefficient (Wildman–Crippen LogP) is 2.67. The molecule has 0 N–H and O–H groups in total. The van der Waals surface area contributed by atoms with Gasteiger partial charge in [-0.15, -0.1) is 0 Å². The SMILES string of the molecule is CCC1(C)CC(N(C)C)C(C)(CC)O1. The number of likely N-dealkylation sites (N-methyl/N-ethyl adjacent to an activating group) is 1. The highest BCUT2D eigenvalue weighted by Gasteiger charge is 2.49. The van der Waals surface area contributed by atoms with Crippen molar-refractivity contribution in [3.05, 3.63) is 0 Å². The average molecular weight is 199 g/mol. The summed E-state index contributed by atoms with van der Waals surface area (Å²) in [6.45, 7) is 8.93. The summed E-state index contributed by atoms with van der Waals surface area (Å²) in [5.41, 5.74) is 0.119. The van der Waals surface area contributed by atoms with Crippen LogP contribution in [0.25, 0.3) is 0 Å². The summed E-state index contributed by atoms with van der Waals surface area (Å²) >= 11 is 0. The molecule has 14 heavy (non-hydrogen) atoms. The van der Waals surface area contributed by atoms with Crippen molar-refractivity contribution in [2.75, 3.05) is 14.1 Å². The summed E-state index contributed by atoms with van der Waals surface area (Å²) in [6, 6.07) is 0.553. The number of hydrogen-bond acceptors (Lipinski definition) is 2. The fourth-order valence-electron chi connectivity index (χ4n) is 2.55. The fraction of sp³-hybridized carbons (Fsp3) is 1.00. The van der Waals surface area contributed by atoms with Crippen LogP contribution in [0.5, 0.6) is 0 Å². The Kier molecular flexibility index (Phi) is 3.27. The van der Waals surface area contributed by atoms with Crippen LogP contribution in [0.4, 0.5) is 0 Å². The van der Waals surface area contributed by atoms with Gasteiger partial charge < -0.3 is 9.64 Å². The first-order valence-electron chi connectivity index (χ1n) is 5.73. The molecule has 0 aromatic rings. The van der Waals surface area contributed by atoms with Crippen LogP contribution >= 0.6 is 0 Å². The molecule has 1 heterocycles. The van der Waals surface area contributed by atoms with E-state index in [2.05, 4.69) is 46.7 Å². The van der Waals surface area contributed by atoms with Crippen LogP contribution < -0.4 is 0 Å². The van der Waals surface area contributed by atoms with Gasteiger partial charge in [-0.3, -0.25) is 0 Å². The van der Waals surface area contributed by atoms with Crippen LogP contribution in [0.15, 0.2) is 0 Å². The molecule has 0 radical (unpaired) electrons. The van der Waals surface area contributed by atoms with Crippen molar-refractivity contribution in [3.63, 3.8) is 0 Å². The van der Waals surface area contributed by atoms with E-state index < -0.39 is 0 Å². The Morgan fingerprint density at radius 1 is 1.21 bits per heavy atom. The number of nitrogens with zero attached hydrogens (tertiary/aromatic N) is 1. The molecule has 2 heteroatoms. The number of rotatable bonds is 3. The standard InChI is InChI=1S/C12H25NO/c1-7-11(3)9-10(13(5)6)12(4,8-2)14-11/h10H,7-9H2,1-6H3. The molecule has 1 aliphatic heterocycles. The normalized spacial score (nSPS) is 43.5. The Labute approximate surface area is 88.6 Å². The van der Waals surface area contributed by atoms with Gasteiger partial charge in [0.05, 0.1) is 11.2 Å². The fourth-order valence-corrected chi connectivity index (χ4v) is 2.55. The molecule has 0 amide bonds. The lowest BCUT2D eigenvalue weighted by molar-refractivity contribution is -0.0997. The van der Waals surface area contributed by atoms with Crippen LogP contribution in [-0.4, -0.2) is 36.2 Å². The molecule has 0 aliphatic carbocycles. The molecule has 0 aromatic carbocycles. The maximum Gasteiger partial charge on any atom is 0.0814 e. The van der Waals surface area contributed by atoms with E-state index >= 15 is 0 Å². The lowest BCUT2D eigenvalue weighted by atomic mass is 9.89. The minimum Gasteiger partial charge on any atom is -0.367 e. The largest absolute Gasteiger partial charge is 0.367 e. The highest BCUT2D eigenvalue weighted by molar-refractivity contribution is 5.01. The number of hydrogen-bond donors (Lipinski definition) is 0. The maximum absolute atomic E-state index is 6.27. The molecule has 1 fully saturated rings. The third-order valence-corrected chi connectivity index (χ3v) is 3.88. The predicted molar refractivity (Wildman–Crippen MR) is 60.6 cm³/mol. The summed E-state index contributed by atoms with van der Waals surface area (Å²) in [4.78, 5) is 2.31. The van der Waals surface area contributed by atoms with Crippen molar-refractivity contribution < 1.29 is 4.74 Å². The molecule has 3 unspecified atom stereocenters. The second kappa shape index (κ2) is 3.82. The zero-order valence-electron chi connectivity index (χ0n) is 10.6. The first kappa shape index (κ1) is 12.0. The van der Waals surface area contributed by atoms with Crippen LogP contribution in [0, 0.1) is 0 Å². The molecule has 0 spiro atoms. The van der Waals surface area contributed by atoms with E-state index in [9.17, 15) is 0 Å². The monoisotopic (exact) mass is 199 g/mol. The average Bonchev–Trinajstić information content (AvgIpc) is 2.40. The van der Waals surface area contributed by atoms with Crippen molar-refractivity contribution in [2.24, 2.45) is 0 Å². The van der Waals surface area contributed by atoms with Gasteiger partial charge in [0.2, 0.25) is 0 Å². The van der Waals surface area contributed by atoms with E-state index in [1.165, 1.54) is 0 Å². The smallest absolute Gasteiger partial charge is 0.0814 e. The summed E-state index contributed by atoms with van der Waals surface area (Å²) in [5, 5.41) is 0. The third-order valence-electron chi connectivity index (χ3n) is 3.88. The first-order chi connectivity index (χ1) is 6.37. The van der Waals surface area contributed by atoms with Crippen LogP contribution in [-0.2, 0) is 4.74 Å². The molecule has 1 aliphatic rings. The Bertz CT molecular complexity index is 204. The van der Waals surface area contributed by atoms with Gasteiger partial charge in [-0.25, -0.2) is 0 Å². The van der Waals surface area contributed by atoms with E-state index in [-0.39, 0.29) is 11.2 Å². The molecular formula is C12H25NO. The Morgan fingerprint density at radius 2 is 1.79 bits per heavy atom. The summed E-state index contributed by atoms with van der Waals surface area (Å²) < 4.78 is 6.27. The Hall–Kier alpha value is -0.0800. The molecule has 2 nitrogen and oxygen atoms in total. The summed E-state index contributed by atoms with van der Waals surface area (Å²) in [7, 11) is 4.31. The van der Waals surface area contributed by atoms with E-state index in [1.54, 1.807) is 0 Å². The van der Waals surface area contributed by atoms with Gasteiger partial charge in [0.15, 0.2) is 0 Å². The zero-order chi connectivity index (χ0) is 11.0. The van der Waals surface area contributed by atoms with Gasteiger partial charge in [0.25, 0.3) is 0 Å². The van der Waals surface area contributed by atoms with Gasteiger partial charge in [0.1, 0.15) is 0 Å². The highest BCUT2D eigenvalue weighted by Crippen LogP contribution is 2.43. The molecule has 0 bridgehead atoms. The van der Waals surface area contributed by atoms with E-state index in [0.717, 1.165) is 19.3 Å². The van der Waals surface area contributed by atoms with Gasteiger partial charge >= 0.3 is 0 Å². The van der Waals surface area contributed by atoms with Crippen molar-refractivity contribution >= 4 is 0 Å². The molecule has 1 rings (SSSR count). The van der Waals surface area contributed by atoms with Gasteiger partial charge in [-0.05, 0) is 47.2 Å².